The third kappa shape index (κ3) is 6.73. The van der Waals surface area contributed by atoms with Crippen molar-refractivity contribution >= 4 is 17.6 Å². The van der Waals surface area contributed by atoms with Crippen molar-refractivity contribution in [2.24, 2.45) is 4.99 Å². The maximum atomic E-state index is 13.3. The van der Waals surface area contributed by atoms with Crippen LogP contribution in [0, 0.1) is 12.7 Å². The summed E-state index contributed by atoms with van der Waals surface area (Å²) in [4.78, 5) is 15.8. The fourth-order valence-electron chi connectivity index (χ4n) is 2.57. The highest BCUT2D eigenvalue weighted by Crippen LogP contribution is 2.11. The van der Waals surface area contributed by atoms with Gasteiger partial charge in [-0.1, -0.05) is 31.2 Å². The van der Waals surface area contributed by atoms with Gasteiger partial charge in [-0.2, -0.15) is 0 Å². The Bertz CT molecular complexity index is 787. The Labute approximate surface area is 160 Å². The second-order valence-corrected chi connectivity index (χ2v) is 6.36. The molecule has 144 valence electrons. The minimum Gasteiger partial charge on any atom is -0.352 e. The van der Waals surface area contributed by atoms with Crippen molar-refractivity contribution in [3.05, 3.63) is 65.0 Å². The zero-order valence-electron chi connectivity index (χ0n) is 16.1. The molecule has 0 radical (unpaired) electrons. The number of aliphatic imine (C=N–C) groups is 1. The highest BCUT2D eigenvalue weighted by atomic mass is 19.1. The first kappa shape index (κ1) is 20.4. The fourth-order valence-corrected chi connectivity index (χ4v) is 2.57. The molecule has 0 bridgehead atoms. The molecule has 27 heavy (non-hydrogen) atoms. The number of hydrogen-bond donors (Lipinski definition) is 3. The molecule has 3 N–H and O–H groups in total. The van der Waals surface area contributed by atoms with E-state index in [0.717, 1.165) is 23.2 Å². The number of anilines is 1. The number of benzene rings is 2. The zero-order valence-corrected chi connectivity index (χ0v) is 16.1. The van der Waals surface area contributed by atoms with Crippen molar-refractivity contribution < 1.29 is 9.18 Å². The van der Waals surface area contributed by atoms with Crippen LogP contribution in [0.3, 0.4) is 0 Å². The number of carbonyl (C=O) groups excluding carboxylic acids is 1. The van der Waals surface area contributed by atoms with Crippen molar-refractivity contribution in [1.29, 1.82) is 0 Å². The van der Waals surface area contributed by atoms with E-state index in [1.54, 1.807) is 20.0 Å². The maximum absolute atomic E-state index is 13.3. The molecule has 0 unspecified atom stereocenters. The molecule has 0 heterocycles. The molecular weight excluding hydrogens is 343 g/mol. The normalized spacial score (nSPS) is 11.2. The Kier molecular flexibility index (Phi) is 7.79. The highest BCUT2D eigenvalue weighted by Gasteiger charge is 2.03. The van der Waals surface area contributed by atoms with Crippen LogP contribution in [0.15, 0.2) is 47.5 Å². The van der Waals surface area contributed by atoms with Gasteiger partial charge in [-0.05, 0) is 48.2 Å². The summed E-state index contributed by atoms with van der Waals surface area (Å²) in [7, 11) is 1.71. The van der Waals surface area contributed by atoms with Crippen LogP contribution >= 0.6 is 0 Å². The van der Waals surface area contributed by atoms with Gasteiger partial charge in [0, 0.05) is 32.2 Å². The molecular formula is C21H27FN4O. The van der Waals surface area contributed by atoms with E-state index in [-0.39, 0.29) is 11.7 Å². The summed E-state index contributed by atoms with van der Waals surface area (Å²) < 4.78 is 13.3. The molecule has 0 aliphatic heterocycles. The summed E-state index contributed by atoms with van der Waals surface area (Å²) in [5.41, 5.74) is 3.49. The Balaban J connectivity index is 1.83. The van der Waals surface area contributed by atoms with Gasteiger partial charge in [0.15, 0.2) is 5.96 Å². The quantitative estimate of drug-likeness (QED) is 0.514. The van der Waals surface area contributed by atoms with Gasteiger partial charge in [-0.25, -0.2) is 4.39 Å². The van der Waals surface area contributed by atoms with E-state index in [2.05, 4.69) is 20.9 Å². The Morgan fingerprint density at radius 3 is 2.26 bits per heavy atom. The number of nitrogens with one attached hydrogen (secondary N) is 3. The van der Waals surface area contributed by atoms with Gasteiger partial charge in [0.25, 0.3) is 0 Å². The third-order valence-electron chi connectivity index (χ3n) is 4.08. The van der Waals surface area contributed by atoms with E-state index in [1.165, 1.54) is 6.07 Å². The summed E-state index contributed by atoms with van der Waals surface area (Å²) in [6.07, 6.45) is 1.36. The SMILES string of the molecule is CCCC(=O)Nc1ccc(CNC(=NC)NCc2ccc(F)c(C)c2)cc1. The lowest BCUT2D eigenvalue weighted by molar-refractivity contribution is -0.116. The van der Waals surface area contributed by atoms with Crippen molar-refractivity contribution in [2.45, 2.75) is 39.8 Å². The van der Waals surface area contributed by atoms with Crippen LogP contribution < -0.4 is 16.0 Å². The monoisotopic (exact) mass is 370 g/mol. The third-order valence-corrected chi connectivity index (χ3v) is 4.08. The van der Waals surface area contributed by atoms with E-state index in [1.807, 2.05) is 37.3 Å². The van der Waals surface area contributed by atoms with Crippen LogP contribution in [0.1, 0.15) is 36.5 Å². The number of hydrogen-bond acceptors (Lipinski definition) is 2. The highest BCUT2D eigenvalue weighted by molar-refractivity contribution is 5.90. The van der Waals surface area contributed by atoms with Crippen LogP contribution in [-0.4, -0.2) is 18.9 Å². The smallest absolute Gasteiger partial charge is 0.224 e. The number of halogens is 1. The molecule has 0 aromatic heterocycles. The molecule has 0 fully saturated rings. The summed E-state index contributed by atoms with van der Waals surface area (Å²) in [5, 5.41) is 9.32. The summed E-state index contributed by atoms with van der Waals surface area (Å²) in [5.74, 6) is 0.497. The molecule has 5 nitrogen and oxygen atoms in total. The number of nitrogens with zero attached hydrogens (tertiary/aromatic N) is 1. The average molecular weight is 370 g/mol. The lowest BCUT2D eigenvalue weighted by Crippen LogP contribution is -2.36. The first-order valence-electron chi connectivity index (χ1n) is 9.10. The van der Waals surface area contributed by atoms with E-state index in [9.17, 15) is 9.18 Å². The van der Waals surface area contributed by atoms with E-state index in [0.29, 0.717) is 31.0 Å². The molecule has 0 saturated heterocycles. The zero-order chi connectivity index (χ0) is 19.6. The Morgan fingerprint density at radius 1 is 1.04 bits per heavy atom. The van der Waals surface area contributed by atoms with E-state index in [4.69, 9.17) is 0 Å². The van der Waals surface area contributed by atoms with Crippen molar-refractivity contribution in [2.75, 3.05) is 12.4 Å². The molecule has 2 aromatic rings. The molecule has 0 aliphatic rings. The second kappa shape index (κ2) is 10.3. The van der Waals surface area contributed by atoms with Gasteiger partial charge in [0.1, 0.15) is 5.82 Å². The predicted molar refractivity (Wildman–Crippen MR) is 108 cm³/mol. The largest absolute Gasteiger partial charge is 0.352 e. The minimum absolute atomic E-state index is 0.0315. The summed E-state index contributed by atoms with van der Waals surface area (Å²) in [6.45, 7) is 4.89. The lowest BCUT2D eigenvalue weighted by Gasteiger charge is -2.13. The molecule has 0 saturated carbocycles. The number of aryl methyl sites for hydroxylation is 1. The molecule has 0 aliphatic carbocycles. The molecule has 2 rings (SSSR count). The van der Waals surface area contributed by atoms with Crippen LogP contribution in [-0.2, 0) is 17.9 Å². The van der Waals surface area contributed by atoms with Crippen LogP contribution in [0.5, 0.6) is 0 Å². The minimum atomic E-state index is -0.199. The van der Waals surface area contributed by atoms with Gasteiger partial charge in [0.2, 0.25) is 5.91 Å². The Morgan fingerprint density at radius 2 is 1.67 bits per heavy atom. The average Bonchev–Trinajstić information content (AvgIpc) is 2.66. The summed E-state index contributed by atoms with van der Waals surface area (Å²) >= 11 is 0. The topological polar surface area (TPSA) is 65.5 Å². The first-order chi connectivity index (χ1) is 13.0. The van der Waals surface area contributed by atoms with Gasteiger partial charge < -0.3 is 16.0 Å². The van der Waals surface area contributed by atoms with Crippen LogP contribution in [0.4, 0.5) is 10.1 Å². The lowest BCUT2D eigenvalue weighted by atomic mass is 10.1. The number of rotatable bonds is 7. The van der Waals surface area contributed by atoms with Gasteiger partial charge >= 0.3 is 0 Å². The summed E-state index contributed by atoms with van der Waals surface area (Å²) in [6, 6.07) is 12.8. The van der Waals surface area contributed by atoms with E-state index < -0.39 is 0 Å². The molecule has 0 spiro atoms. The number of amides is 1. The van der Waals surface area contributed by atoms with Crippen molar-refractivity contribution in [3.8, 4) is 0 Å². The second-order valence-electron chi connectivity index (χ2n) is 6.36. The number of carbonyl (C=O) groups is 1. The van der Waals surface area contributed by atoms with Gasteiger partial charge in [-0.3, -0.25) is 9.79 Å². The molecule has 2 aromatic carbocycles. The van der Waals surface area contributed by atoms with E-state index >= 15 is 0 Å². The van der Waals surface area contributed by atoms with Crippen molar-refractivity contribution in [3.63, 3.8) is 0 Å². The van der Waals surface area contributed by atoms with Crippen LogP contribution in [0.25, 0.3) is 0 Å². The van der Waals surface area contributed by atoms with Gasteiger partial charge in [-0.15, -0.1) is 0 Å². The molecule has 6 heteroatoms. The van der Waals surface area contributed by atoms with Crippen molar-refractivity contribution in [1.82, 2.24) is 10.6 Å². The predicted octanol–water partition coefficient (Wildman–Crippen LogP) is 3.74. The first-order valence-corrected chi connectivity index (χ1v) is 9.10. The maximum Gasteiger partial charge on any atom is 0.224 e. The fraction of sp³-hybridized carbons (Fsp3) is 0.333. The Hall–Kier alpha value is -2.89. The molecule has 1 amide bonds. The van der Waals surface area contributed by atoms with Crippen LogP contribution in [0.2, 0.25) is 0 Å². The van der Waals surface area contributed by atoms with Gasteiger partial charge in [0.05, 0.1) is 0 Å². The number of guanidine groups is 1. The molecule has 0 atom stereocenters. The standard InChI is InChI=1S/C21H27FN4O/c1-4-5-20(27)26-18-9-6-16(7-10-18)13-24-21(23-3)25-14-17-8-11-19(22)15(2)12-17/h6-12H,4-5,13-14H2,1-3H3,(H,26,27)(H2,23,24,25).